The molecular weight excluding hydrogens is 476 g/mol. The number of amides is 1. The molecule has 1 saturated heterocycles. The van der Waals surface area contributed by atoms with Gasteiger partial charge in [0.15, 0.2) is 5.82 Å². The lowest BCUT2D eigenvalue weighted by atomic mass is 9.95. The van der Waals surface area contributed by atoms with E-state index in [0.717, 1.165) is 4.47 Å². The topological polar surface area (TPSA) is 92.9 Å². The molecule has 0 saturated carbocycles. The van der Waals surface area contributed by atoms with Crippen molar-refractivity contribution in [2.45, 2.75) is 13.0 Å². The molecule has 1 atom stereocenters. The van der Waals surface area contributed by atoms with Crippen molar-refractivity contribution in [2.24, 2.45) is 0 Å². The van der Waals surface area contributed by atoms with E-state index in [0.29, 0.717) is 29.2 Å². The minimum absolute atomic E-state index is 0.0338. The molecule has 1 unspecified atom stereocenters. The predicted octanol–water partition coefficient (Wildman–Crippen LogP) is 4.94. The second-order valence-corrected chi connectivity index (χ2v) is 8.06. The Labute approximate surface area is 192 Å². The summed E-state index contributed by atoms with van der Waals surface area (Å²) >= 11 is 3.43. The number of aliphatic hydroxyl groups is 1. The maximum Gasteiger partial charge on any atom is 0.301 e. The molecule has 1 aliphatic heterocycles. The Morgan fingerprint density at radius 2 is 2.00 bits per heavy atom. The Bertz CT molecular complexity index is 1230. The third-order valence-corrected chi connectivity index (χ3v) is 5.46. The van der Waals surface area contributed by atoms with Crippen molar-refractivity contribution in [1.29, 1.82) is 0 Å². The van der Waals surface area contributed by atoms with E-state index in [1.807, 2.05) is 6.07 Å². The van der Waals surface area contributed by atoms with Gasteiger partial charge in [-0.05, 0) is 48.9 Å². The summed E-state index contributed by atoms with van der Waals surface area (Å²) in [6.07, 6.45) is 1.62. The molecule has 0 aliphatic carbocycles. The highest BCUT2D eigenvalue weighted by molar-refractivity contribution is 9.10. The molecule has 2 aromatic carbocycles. The molecule has 32 heavy (non-hydrogen) atoms. The molecule has 1 fully saturated rings. The van der Waals surface area contributed by atoms with Crippen LogP contribution in [0.25, 0.3) is 5.76 Å². The third-order valence-electron chi connectivity index (χ3n) is 4.97. The fourth-order valence-electron chi connectivity index (χ4n) is 3.55. The summed E-state index contributed by atoms with van der Waals surface area (Å²) in [6, 6.07) is 14.5. The fraction of sp³-hybridized carbons (Fsp3) is 0.125. The van der Waals surface area contributed by atoms with Gasteiger partial charge in [0, 0.05) is 16.1 Å². The Hall–Kier alpha value is -3.65. The zero-order chi connectivity index (χ0) is 22.8. The van der Waals surface area contributed by atoms with Crippen LogP contribution < -0.4 is 9.64 Å². The van der Waals surface area contributed by atoms with Crippen molar-refractivity contribution >= 4 is 39.2 Å². The molecular formula is C24H19BrN2O5. The SMILES string of the molecule is C=CCOc1ccc(C(O)=C2C(=O)C(=O)N(c3cc(C)on3)C2c2cccc(Br)c2)cc1. The van der Waals surface area contributed by atoms with Crippen LogP contribution >= 0.6 is 15.9 Å². The van der Waals surface area contributed by atoms with Gasteiger partial charge in [-0.2, -0.15) is 0 Å². The summed E-state index contributed by atoms with van der Waals surface area (Å²) in [4.78, 5) is 27.3. The van der Waals surface area contributed by atoms with E-state index in [9.17, 15) is 14.7 Å². The van der Waals surface area contributed by atoms with E-state index in [1.54, 1.807) is 61.5 Å². The summed E-state index contributed by atoms with van der Waals surface area (Å²) in [7, 11) is 0. The second-order valence-electron chi connectivity index (χ2n) is 7.14. The summed E-state index contributed by atoms with van der Waals surface area (Å²) in [5, 5.41) is 15.0. The summed E-state index contributed by atoms with van der Waals surface area (Å²) in [6.45, 7) is 5.64. The largest absolute Gasteiger partial charge is 0.507 e. The van der Waals surface area contributed by atoms with Crippen LogP contribution in [0.3, 0.4) is 0 Å². The number of anilines is 1. The number of aryl methyl sites for hydroxylation is 1. The minimum Gasteiger partial charge on any atom is -0.507 e. The summed E-state index contributed by atoms with van der Waals surface area (Å²) in [5.41, 5.74) is 0.977. The number of aromatic nitrogens is 1. The molecule has 1 aliphatic rings. The lowest BCUT2D eigenvalue weighted by Crippen LogP contribution is -2.29. The van der Waals surface area contributed by atoms with Crippen molar-refractivity contribution in [3.63, 3.8) is 0 Å². The highest BCUT2D eigenvalue weighted by atomic mass is 79.9. The normalized spacial score (nSPS) is 17.6. The van der Waals surface area contributed by atoms with Crippen molar-refractivity contribution in [1.82, 2.24) is 5.16 Å². The first-order chi connectivity index (χ1) is 15.4. The molecule has 0 spiro atoms. The number of halogens is 1. The number of ether oxygens (including phenoxy) is 1. The number of carbonyl (C=O) groups is 2. The van der Waals surface area contributed by atoms with Gasteiger partial charge in [-0.3, -0.25) is 14.5 Å². The molecule has 0 radical (unpaired) electrons. The number of benzene rings is 2. The van der Waals surface area contributed by atoms with Gasteiger partial charge in [-0.1, -0.05) is 45.9 Å². The number of carbonyl (C=O) groups excluding carboxylic acids is 2. The second kappa shape index (κ2) is 8.84. The Morgan fingerprint density at radius 1 is 1.25 bits per heavy atom. The van der Waals surface area contributed by atoms with Crippen LogP contribution in [0, 0.1) is 6.92 Å². The van der Waals surface area contributed by atoms with Crippen molar-refractivity contribution in [3.05, 3.63) is 94.2 Å². The van der Waals surface area contributed by atoms with Crippen molar-refractivity contribution in [2.75, 3.05) is 11.5 Å². The van der Waals surface area contributed by atoms with Crippen molar-refractivity contribution < 1.29 is 24.0 Å². The van der Waals surface area contributed by atoms with Gasteiger partial charge >= 0.3 is 5.91 Å². The number of nitrogens with zero attached hydrogens (tertiary/aromatic N) is 2. The van der Waals surface area contributed by atoms with Gasteiger partial charge in [0.2, 0.25) is 0 Å². The first-order valence-corrected chi connectivity index (χ1v) is 10.5. The van der Waals surface area contributed by atoms with Crippen LogP contribution in [0.1, 0.15) is 22.9 Å². The van der Waals surface area contributed by atoms with Gasteiger partial charge in [-0.15, -0.1) is 0 Å². The van der Waals surface area contributed by atoms with Crippen LogP contribution in [-0.2, 0) is 9.59 Å². The monoisotopic (exact) mass is 494 g/mol. The average Bonchev–Trinajstić information content (AvgIpc) is 3.33. The van der Waals surface area contributed by atoms with E-state index < -0.39 is 17.7 Å². The van der Waals surface area contributed by atoms with E-state index in [1.165, 1.54) is 4.90 Å². The van der Waals surface area contributed by atoms with Gasteiger partial charge in [0.25, 0.3) is 5.78 Å². The lowest BCUT2D eigenvalue weighted by Gasteiger charge is -2.23. The van der Waals surface area contributed by atoms with Gasteiger partial charge < -0.3 is 14.4 Å². The third kappa shape index (κ3) is 3.97. The number of ketones is 1. The molecule has 0 bridgehead atoms. The quantitative estimate of drug-likeness (QED) is 0.226. The highest BCUT2D eigenvalue weighted by Gasteiger charge is 2.48. The van der Waals surface area contributed by atoms with E-state index in [4.69, 9.17) is 9.26 Å². The van der Waals surface area contributed by atoms with Crippen LogP contribution in [0.5, 0.6) is 5.75 Å². The molecule has 8 heteroatoms. The van der Waals surface area contributed by atoms with Crippen LogP contribution in [0.4, 0.5) is 5.82 Å². The number of hydrogen-bond acceptors (Lipinski definition) is 6. The average molecular weight is 495 g/mol. The van der Waals surface area contributed by atoms with Gasteiger partial charge in [0.05, 0.1) is 11.6 Å². The van der Waals surface area contributed by atoms with Gasteiger partial charge in [-0.25, -0.2) is 0 Å². The number of rotatable bonds is 6. The maximum atomic E-state index is 13.1. The van der Waals surface area contributed by atoms with Crippen LogP contribution in [-0.4, -0.2) is 28.6 Å². The highest BCUT2D eigenvalue weighted by Crippen LogP contribution is 2.42. The van der Waals surface area contributed by atoms with Gasteiger partial charge in [0.1, 0.15) is 23.9 Å². The molecule has 162 valence electrons. The van der Waals surface area contributed by atoms with Crippen molar-refractivity contribution in [3.8, 4) is 5.75 Å². The fourth-order valence-corrected chi connectivity index (χ4v) is 3.96. The van der Waals surface area contributed by atoms with Crippen LogP contribution in [0.15, 0.2) is 81.8 Å². The number of Topliss-reactive ketones (excluding diaryl/α,β-unsaturated/α-hetero) is 1. The Morgan fingerprint density at radius 3 is 2.62 bits per heavy atom. The van der Waals surface area contributed by atoms with E-state index in [-0.39, 0.29) is 17.2 Å². The lowest BCUT2D eigenvalue weighted by molar-refractivity contribution is -0.132. The smallest absolute Gasteiger partial charge is 0.301 e. The zero-order valence-electron chi connectivity index (χ0n) is 17.1. The molecule has 1 aromatic heterocycles. The zero-order valence-corrected chi connectivity index (χ0v) is 18.7. The Kier molecular flexibility index (Phi) is 5.96. The summed E-state index contributed by atoms with van der Waals surface area (Å²) in [5.74, 6) is -0.613. The number of aliphatic hydroxyl groups excluding tert-OH is 1. The molecule has 3 aromatic rings. The molecule has 1 N–H and O–H groups in total. The predicted molar refractivity (Wildman–Crippen MR) is 122 cm³/mol. The van der Waals surface area contributed by atoms with E-state index >= 15 is 0 Å². The maximum absolute atomic E-state index is 13.1. The first-order valence-electron chi connectivity index (χ1n) is 9.74. The summed E-state index contributed by atoms with van der Waals surface area (Å²) < 4.78 is 11.4. The molecule has 2 heterocycles. The molecule has 1 amide bonds. The van der Waals surface area contributed by atoms with Crippen LogP contribution in [0.2, 0.25) is 0 Å². The first kappa shape index (κ1) is 21.6. The molecule has 7 nitrogen and oxygen atoms in total. The molecule has 4 rings (SSSR count). The standard InChI is InChI=1S/C24H19BrN2O5/c1-3-11-31-18-9-7-15(8-10-18)22(28)20-21(16-5-4-6-17(25)13-16)27(24(30)23(20)29)19-12-14(2)32-26-19/h3-10,12-13,21,28H,1,11H2,2H3. The minimum atomic E-state index is -0.881. The van der Waals surface area contributed by atoms with E-state index in [2.05, 4.69) is 27.7 Å². The number of hydrogen-bond donors (Lipinski definition) is 1. The Balaban J connectivity index is 1.85.